The van der Waals surface area contributed by atoms with Gasteiger partial charge in [0.1, 0.15) is 0 Å². The molecule has 0 radical (unpaired) electrons. The van der Waals surface area contributed by atoms with Gasteiger partial charge < -0.3 is 14.7 Å². The Morgan fingerprint density at radius 3 is 2.35 bits per heavy atom. The number of nitrogens with zero attached hydrogens (tertiary/aromatic N) is 1. The summed E-state index contributed by atoms with van der Waals surface area (Å²) < 4.78 is 5.28. The van der Waals surface area contributed by atoms with Crippen molar-refractivity contribution in [2.24, 2.45) is 5.92 Å². The van der Waals surface area contributed by atoms with Crippen LogP contribution in [-0.2, 0) is 14.3 Å². The van der Waals surface area contributed by atoms with Crippen molar-refractivity contribution in [2.45, 2.75) is 20.0 Å². The average Bonchev–Trinajstić information content (AvgIpc) is 2.46. The first kappa shape index (κ1) is 16.2. The number of methoxy groups -OCH3 is 1. The molecule has 0 spiro atoms. The highest BCUT2D eigenvalue weighted by atomic mass is 16.5. The minimum absolute atomic E-state index is 0.178. The third-order valence-corrected chi connectivity index (χ3v) is 3.17. The predicted molar refractivity (Wildman–Crippen MR) is 75.2 cm³/mol. The highest BCUT2D eigenvalue weighted by Gasteiger charge is 2.27. The highest BCUT2D eigenvalue weighted by Crippen LogP contribution is 2.19. The first-order valence-electron chi connectivity index (χ1n) is 6.60. The Balaban J connectivity index is 2.85. The van der Waals surface area contributed by atoms with Crippen molar-refractivity contribution in [1.82, 2.24) is 4.90 Å². The molecule has 0 saturated heterocycles. The van der Waals surface area contributed by atoms with Gasteiger partial charge in [0, 0.05) is 20.2 Å². The van der Waals surface area contributed by atoms with E-state index in [1.807, 2.05) is 37.3 Å². The number of carboxylic acids is 1. The van der Waals surface area contributed by atoms with Gasteiger partial charge in [0.15, 0.2) is 6.10 Å². The van der Waals surface area contributed by atoms with E-state index in [0.29, 0.717) is 6.54 Å². The van der Waals surface area contributed by atoms with E-state index in [1.54, 1.807) is 6.92 Å². The number of carboxylic acid groups (broad SMARTS) is 1. The van der Waals surface area contributed by atoms with Gasteiger partial charge in [0.2, 0.25) is 0 Å². The van der Waals surface area contributed by atoms with Crippen LogP contribution in [0.25, 0.3) is 0 Å². The Hall–Kier alpha value is -1.88. The van der Waals surface area contributed by atoms with Crippen LogP contribution in [0.15, 0.2) is 30.3 Å². The molecule has 0 bridgehead atoms. The average molecular weight is 279 g/mol. The summed E-state index contributed by atoms with van der Waals surface area (Å²) in [6.45, 7) is 4.04. The summed E-state index contributed by atoms with van der Waals surface area (Å²) in [5, 5.41) is 8.95. The van der Waals surface area contributed by atoms with Crippen molar-refractivity contribution < 1.29 is 19.4 Å². The zero-order chi connectivity index (χ0) is 15.1. The molecule has 5 heteroatoms. The molecule has 110 valence electrons. The third-order valence-electron chi connectivity index (χ3n) is 3.17. The maximum absolute atomic E-state index is 12.5. The second kappa shape index (κ2) is 7.65. The summed E-state index contributed by atoms with van der Waals surface area (Å²) in [4.78, 5) is 24.9. The van der Waals surface area contributed by atoms with Crippen molar-refractivity contribution >= 4 is 11.9 Å². The number of hydrogen-bond donors (Lipinski definition) is 1. The van der Waals surface area contributed by atoms with Gasteiger partial charge in [-0.3, -0.25) is 9.59 Å². The Kier molecular flexibility index (Phi) is 6.18. The fraction of sp³-hybridized carbons (Fsp3) is 0.467. The Labute approximate surface area is 119 Å². The quantitative estimate of drug-likeness (QED) is 0.828. The molecule has 1 rings (SSSR count). The van der Waals surface area contributed by atoms with E-state index in [-0.39, 0.29) is 12.5 Å². The smallest absolute Gasteiger partial charge is 0.308 e. The number of likely N-dealkylation sites (N-methyl/N-ethyl adjacent to an activating group) is 1. The van der Waals surface area contributed by atoms with E-state index in [4.69, 9.17) is 9.84 Å². The van der Waals surface area contributed by atoms with E-state index in [2.05, 4.69) is 0 Å². The number of amides is 1. The number of rotatable bonds is 7. The molecule has 0 aromatic heterocycles. The van der Waals surface area contributed by atoms with Crippen LogP contribution in [0, 0.1) is 5.92 Å². The molecular weight excluding hydrogens is 258 g/mol. The van der Waals surface area contributed by atoms with E-state index in [0.717, 1.165) is 5.56 Å². The minimum Gasteiger partial charge on any atom is -0.481 e. The first-order chi connectivity index (χ1) is 9.51. The van der Waals surface area contributed by atoms with E-state index in [9.17, 15) is 9.59 Å². The lowest BCUT2D eigenvalue weighted by molar-refractivity contribution is -0.146. The van der Waals surface area contributed by atoms with Crippen molar-refractivity contribution in [3.05, 3.63) is 35.9 Å². The number of hydrogen-bond acceptors (Lipinski definition) is 3. The summed E-state index contributed by atoms with van der Waals surface area (Å²) in [7, 11) is 1.48. The SMILES string of the molecule is CCN(CC(C)C(=O)O)C(=O)C(OC)c1ccccc1. The minimum atomic E-state index is -0.912. The summed E-state index contributed by atoms with van der Waals surface area (Å²) in [6, 6.07) is 9.18. The van der Waals surface area contributed by atoms with E-state index < -0.39 is 18.0 Å². The normalized spacial score (nSPS) is 13.6. The highest BCUT2D eigenvalue weighted by molar-refractivity contribution is 5.83. The summed E-state index contributed by atoms with van der Waals surface area (Å²) in [5.74, 6) is -1.73. The van der Waals surface area contributed by atoms with Gasteiger partial charge in [-0.05, 0) is 12.5 Å². The fourth-order valence-electron chi connectivity index (χ4n) is 1.96. The Bertz CT molecular complexity index is 446. The number of carbonyl (C=O) groups excluding carboxylic acids is 1. The molecular formula is C15H21NO4. The molecule has 0 heterocycles. The standard InChI is InChI=1S/C15H21NO4/c1-4-16(10-11(2)15(18)19)14(17)13(20-3)12-8-6-5-7-9-12/h5-9,11,13H,4,10H2,1-3H3,(H,18,19). The van der Waals surface area contributed by atoms with Crippen LogP contribution in [-0.4, -0.2) is 42.1 Å². The molecule has 20 heavy (non-hydrogen) atoms. The van der Waals surface area contributed by atoms with E-state index >= 15 is 0 Å². The van der Waals surface area contributed by atoms with Gasteiger partial charge >= 0.3 is 5.97 Å². The molecule has 0 saturated carbocycles. The molecule has 0 aliphatic rings. The predicted octanol–water partition coefficient (Wildman–Crippen LogP) is 1.94. The van der Waals surface area contributed by atoms with Crippen molar-refractivity contribution in [3.63, 3.8) is 0 Å². The van der Waals surface area contributed by atoms with Crippen LogP contribution in [0.1, 0.15) is 25.5 Å². The van der Waals surface area contributed by atoms with Crippen LogP contribution in [0.5, 0.6) is 0 Å². The summed E-state index contributed by atoms with van der Waals surface area (Å²) >= 11 is 0. The van der Waals surface area contributed by atoms with Crippen molar-refractivity contribution in [2.75, 3.05) is 20.2 Å². The molecule has 1 N–H and O–H groups in total. The van der Waals surface area contributed by atoms with Gasteiger partial charge in [0.05, 0.1) is 5.92 Å². The molecule has 0 aliphatic carbocycles. The van der Waals surface area contributed by atoms with Crippen LogP contribution < -0.4 is 0 Å². The monoisotopic (exact) mass is 279 g/mol. The number of carbonyl (C=O) groups is 2. The fourth-order valence-corrected chi connectivity index (χ4v) is 1.96. The second-order valence-electron chi connectivity index (χ2n) is 4.64. The Morgan fingerprint density at radius 2 is 1.90 bits per heavy atom. The summed E-state index contributed by atoms with van der Waals surface area (Å²) in [6.07, 6.45) is -0.697. The molecule has 2 unspecified atom stereocenters. The van der Waals surface area contributed by atoms with Crippen LogP contribution in [0.3, 0.4) is 0 Å². The van der Waals surface area contributed by atoms with Gasteiger partial charge in [-0.25, -0.2) is 0 Å². The molecule has 1 amide bonds. The molecule has 2 atom stereocenters. The van der Waals surface area contributed by atoms with Crippen molar-refractivity contribution in [3.8, 4) is 0 Å². The summed E-state index contributed by atoms with van der Waals surface area (Å²) in [5.41, 5.74) is 0.765. The van der Waals surface area contributed by atoms with Crippen LogP contribution >= 0.6 is 0 Å². The van der Waals surface area contributed by atoms with Gasteiger partial charge in [-0.1, -0.05) is 37.3 Å². The maximum atomic E-state index is 12.5. The number of aliphatic carboxylic acids is 1. The first-order valence-corrected chi connectivity index (χ1v) is 6.60. The second-order valence-corrected chi connectivity index (χ2v) is 4.64. The van der Waals surface area contributed by atoms with Gasteiger partial charge in [-0.2, -0.15) is 0 Å². The Morgan fingerprint density at radius 1 is 1.30 bits per heavy atom. The largest absolute Gasteiger partial charge is 0.481 e. The van der Waals surface area contributed by atoms with E-state index in [1.165, 1.54) is 12.0 Å². The van der Waals surface area contributed by atoms with Crippen molar-refractivity contribution in [1.29, 1.82) is 0 Å². The zero-order valence-electron chi connectivity index (χ0n) is 12.1. The van der Waals surface area contributed by atoms with Crippen LogP contribution in [0.2, 0.25) is 0 Å². The zero-order valence-corrected chi connectivity index (χ0v) is 12.1. The molecule has 1 aromatic rings. The molecule has 1 aromatic carbocycles. The topological polar surface area (TPSA) is 66.8 Å². The third kappa shape index (κ3) is 4.06. The van der Waals surface area contributed by atoms with Crippen LogP contribution in [0.4, 0.5) is 0 Å². The van der Waals surface area contributed by atoms with Gasteiger partial charge in [-0.15, -0.1) is 0 Å². The number of benzene rings is 1. The number of ether oxygens (including phenoxy) is 1. The lowest BCUT2D eigenvalue weighted by atomic mass is 10.1. The molecule has 5 nitrogen and oxygen atoms in total. The lowest BCUT2D eigenvalue weighted by Gasteiger charge is -2.27. The lowest BCUT2D eigenvalue weighted by Crippen LogP contribution is -2.40. The maximum Gasteiger partial charge on any atom is 0.308 e. The van der Waals surface area contributed by atoms with Gasteiger partial charge in [0.25, 0.3) is 5.91 Å². The molecule has 0 fully saturated rings. The molecule has 0 aliphatic heterocycles.